The number of nitrogens with zero attached hydrogens (tertiary/aromatic N) is 3. The number of phenolic OH excluding ortho intramolecular Hbond substituents is 1. The van der Waals surface area contributed by atoms with Crippen molar-refractivity contribution in [1.29, 1.82) is 0 Å². The molecule has 1 atom stereocenters. The first-order valence-corrected chi connectivity index (χ1v) is 8.70. The van der Waals surface area contributed by atoms with Gasteiger partial charge in [0.05, 0.1) is 17.3 Å². The van der Waals surface area contributed by atoms with Crippen molar-refractivity contribution in [3.8, 4) is 5.75 Å². The van der Waals surface area contributed by atoms with E-state index in [2.05, 4.69) is 5.10 Å². The van der Waals surface area contributed by atoms with Gasteiger partial charge >= 0.3 is 0 Å². The number of rotatable bonds is 3. The molecule has 0 radical (unpaired) electrons. The molecule has 1 saturated heterocycles. The summed E-state index contributed by atoms with van der Waals surface area (Å²) in [6.07, 6.45) is 4.33. The number of halogens is 1. The van der Waals surface area contributed by atoms with Gasteiger partial charge in [0.2, 0.25) is 10.0 Å². The number of hydrogen-bond acceptors (Lipinski definition) is 4. The van der Waals surface area contributed by atoms with Crippen molar-refractivity contribution in [2.45, 2.75) is 24.3 Å². The first kappa shape index (κ1) is 15.3. The second kappa shape index (κ2) is 5.57. The molecule has 8 heteroatoms. The van der Waals surface area contributed by atoms with Crippen LogP contribution in [-0.4, -0.2) is 40.7 Å². The Morgan fingerprint density at radius 2 is 2.18 bits per heavy atom. The number of aromatic hydroxyl groups is 1. The second-order valence-corrected chi connectivity index (χ2v) is 7.70. The van der Waals surface area contributed by atoms with Gasteiger partial charge in [-0.25, -0.2) is 8.42 Å². The lowest BCUT2D eigenvalue weighted by Crippen LogP contribution is -2.29. The molecule has 1 aliphatic heterocycles. The number of aromatic nitrogens is 2. The molecule has 1 unspecified atom stereocenters. The van der Waals surface area contributed by atoms with Gasteiger partial charge in [0.15, 0.2) is 5.75 Å². The Labute approximate surface area is 134 Å². The number of phenols is 1. The van der Waals surface area contributed by atoms with Gasteiger partial charge in [-0.2, -0.15) is 9.40 Å². The summed E-state index contributed by atoms with van der Waals surface area (Å²) in [6, 6.07) is 4.33. The second-order valence-electron chi connectivity index (χ2n) is 5.39. The van der Waals surface area contributed by atoms with Crippen LogP contribution in [0.5, 0.6) is 5.75 Å². The fourth-order valence-corrected chi connectivity index (χ4v) is 4.45. The molecule has 0 amide bonds. The topological polar surface area (TPSA) is 75.4 Å². The molecular formula is C14H16ClN3O3S. The van der Waals surface area contributed by atoms with Crippen LogP contribution in [0.3, 0.4) is 0 Å². The van der Waals surface area contributed by atoms with Crippen molar-refractivity contribution in [1.82, 2.24) is 14.1 Å². The molecule has 118 valence electrons. The SMILES string of the molecule is Cc1cnn(C2CCN(S(=O)(=O)c3cccc(Cl)c3O)C2)c1. The zero-order valence-electron chi connectivity index (χ0n) is 12.0. The Hall–Kier alpha value is -1.57. The van der Waals surface area contributed by atoms with E-state index in [9.17, 15) is 13.5 Å². The quantitative estimate of drug-likeness (QED) is 0.928. The molecule has 1 fully saturated rings. The minimum absolute atomic E-state index is 0.00445. The van der Waals surface area contributed by atoms with E-state index in [1.54, 1.807) is 10.9 Å². The van der Waals surface area contributed by atoms with Gasteiger partial charge in [-0.05, 0) is 31.0 Å². The van der Waals surface area contributed by atoms with E-state index in [0.717, 1.165) is 5.56 Å². The predicted molar refractivity (Wildman–Crippen MR) is 82.5 cm³/mol. The van der Waals surface area contributed by atoms with Crippen LogP contribution in [0.2, 0.25) is 5.02 Å². The number of sulfonamides is 1. The van der Waals surface area contributed by atoms with Crippen LogP contribution < -0.4 is 0 Å². The molecule has 22 heavy (non-hydrogen) atoms. The molecular weight excluding hydrogens is 326 g/mol. The van der Waals surface area contributed by atoms with Crippen molar-refractivity contribution in [3.63, 3.8) is 0 Å². The zero-order chi connectivity index (χ0) is 15.9. The first-order valence-electron chi connectivity index (χ1n) is 6.88. The van der Waals surface area contributed by atoms with Crippen LogP contribution >= 0.6 is 11.6 Å². The molecule has 2 heterocycles. The van der Waals surface area contributed by atoms with Crippen LogP contribution in [-0.2, 0) is 10.0 Å². The maximum Gasteiger partial charge on any atom is 0.246 e. The molecule has 0 spiro atoms. The molecule has 1 aliphatic rings. The van der Waals surface area contributed by atoms with E-state index < -0.39 is 15.8 Å². The fraction of sp³-hybridized carbons (Fsp3) is 0.357. The molecule has 1 N–H and O–H groups in total. The standard InChI is InChI=1S/C14H16ClN3O3S/c1-10-7-16-18(8-10)11-5-6-17(9-11)22(20,21)13-4-2-3-12(15)14(13)19/h2-4,7-8,11,19H,5-6,9H2,1H3. The molecule has 2 aromatic rings. The van der Waals surface area contributed by atoms with E-state index in [1.807, 2.05) is 13.1 Å². The van der Waals surface area contributed by atoms with E-state index in [4.69, 9.17) is 11.6 Å². The average Bonchev–Trinajstić information content (AvgIpc) is 3.10. The molecule has 1 aromatic carbocycles. The third-order valence-electron chi connectivity index (χ3n) is 3.80. The largest absolute Gasteiger partial charge is 0.505 e. The maximum absolute atomic E-state index is 12.7. The van der Waals surface area contributed by atoms with Gasteiger partial charge in [-0.15, -0.1) is 0 Å². The Morgan fingerprint density at radius 3 is 2.86 bits per heavy atom. The summed E-state index contributed by atoms with van der Waals surface area (Å²) in [6.45, 7) is 2.66. The summed E-state index contributed by atoms with van der Waals surface area (Å²) in [5.41, 5.74) is 1.04. The van der Waals surface area contributed by atoms with Gasteiger partial charge < -0.3 is 5.11 Å². The van der Waals surface area contributed by atoms with Crippen LogP contribution in [0.1, 0.15) is 18.0 Å². The third kappa shape index (κ3) is 2.60. The van der Waals surface area contributed by atoms with Gasteiger partial charge in [-0.1, -0.05) is 17.7 Å². The summed E-state index contributed by atoms with van der Waals surface area (Å²) >= 11 is 5.81. The smallest absolute Gasteiger partial charge is 0.246 e. The number of benzene rings is 1. The van der Waals surface area contributed by atoms with Crippen molar-refractivity contribution >= 4 is 21.6 Å². The van der Waals surface area contributed by atoms with Crippen LogP contribution in [0.4, 0.5) is 0 Å². The van der Waals surface area contributed by atoms with Crippen molar-refractivity contribution in [2.24, 2.45) is 0 Å². The highest BCUT2D eigenvalue weighted by atomic mass is 35.5. The van der Waals surface area contributed by atoms with Crippen LogP contribution in [0.25, 0.3) is 0 Å². The lowest BCUT2D eigenvalue weighted by atomic mass is 10.3. The number of para-hydroxylation sites is 1. The van der Waals surface area contributed by atoms with E-state index >= 15 is 0 Å². The summed E-state index contributed by atoms with van der Waals surface area (Å²) in [5, 5.41) is 14.2. The third-order valence-corrected chi connectivity index (χ3v) is 6.00. The Morgan fingerprint density at radius 1 is 1.41 bits per heavy atom. The van der Waals surface area contributed by atoms with E-state index in [0.29, 0.717) is 19.5 Å². The molecule has 3 rings (SSSR count). The molecule has 0 bridgehead atoms. The highest BCUT2D eigenvalue weighted by molar-refractivity contribution is 7.89. The predicted octanol–water partition coefficient (Wildman–Crippen LogP) is 2.19. The summed E-state index contributed by atoms with van der Waals surface area (Å²) < 4.78 is 28.5. The van der Waals surface area contributed by atoms with Gasteiger partial charge in [-0.3, -0.25) is 4.68 Å². The first-order chi connectivity index (χ1) is 10.4. The summed E-state index contributed by atoms with van der Waals surface area (Å²) in [7, 11) is -3.77. The van der Waals surface area contributed by atoms with Crippen molar-refractivity contribution < 1.29 is 13.5 Å². The van der Waals surface area contributed by atoms with Gasteiger partial charge in [0, 0.05) is 19.3 Å². The Bertz CT molecular complexity index is 803. The normalized spacial score (nSPS) is 19.6. The number of aryl methyl sites for hydroxylation is 1. The van der Waals surface area contributed by atoms with E-state index in [-0.39, 0.29) is 16.0 Å². The minimum atomic E-state index is -3.77. The summed E-state index contributed by atoms with van der Waals surface area (Å²) in [5.74, 6) is -0.400. The molecule has 0 saturated carbocycles. The Balaban J connectivity index is 1.87. The highest BCUT2D eigenvalue weighted by Gasteiger charge is 2.35. The number of hydrogen-bond donors (Lipinski definition) is 1. The average molecular weight is 342 g/mol. The lowest BCUT2D eigenvalue weighted by Gasteiger charge is -2.17. The lowest BCUT2D eigenvalue weighted by molar-refractivity contribution is 0.425. The van der Waals surface area contributed by atoms with Crippen molar-refractivity contribution in [3.05, 3.63) is 41.2 Å². The molecule has 0 aliphatic carbocycles. The monoisotopic (exact) mass is 341 g/mol. The van der Waals surface area contributed by atoms with Crippen LogP contribution in [0, 0.1) is 6.92 Å². The molecule has 1 aromatic heterocycles. The van der Waals surface area contributed by atoms with Crippen molar-refractivity contribution in [2.75, 3.05) is 13.1 Å². The Kier molecular flexibility index (Phi) is 3.88. The molecule has 6 nitrogen and oxygen atoms in total. The van der Waals surface area contributed by atoms with Gasteiger partial charge in [0.25, 0.3) is 0 Å². The fourth-order valence-electron chi connectivity index (χ4n) is 2.62. The highest BCUT2D eigenvalue weighted by Crippen LogP contribution is 2.34. The minimum Gasteiger partial charge on any atom is -0.505 e. The van der Waals surface area contributed by atoms with Crippen LogP contribution in [0.15, 0.2) is 35.5 Å². The van der Waals surface area contributed by atoms with Gasteiger partial charge in [0.1, 0.15) is 4.90 Å². The maximum atomic E-state index is 12.7. The van der Waals surface area contributed by atoms with E-state index in [1.165, 1.54) is 22.5 Å². The summed E-state index contributed by atoms with van der Waals surface area (Å²) in [4.78, 5) is -0.155. The zero-order valence-corrected chi connectivity index (χ0v) is 13.5.